The molecular weight excluding hydrogens is 256 g/mol. The van der Waals surface area contributed by atoms with Crippen molar-refractivity contribution in [2.75, 3.05) is 13.4 Å². The van der Waals surface area contributed by atoms with Crippen molar-refractivity contribution >= 4 is 0 Å². The molecule has 3 rings (SSSR count). The zero-order valence-corrected chi connectivity index (χ0v) is 11.2. The molecule has 0 radical (unpaired) electrons. The van der Waals surface area contributed by atoms with Crippen LogP contribution in [0, 0.1) is 0 Å². The fourth-order valence-corrected chi connectivity index (χ4v) is 2.26. The molecule has 0 aromatic heterocycles. The van der Waals surface area contributed by atoms with Crippen LogP contribution in [0.1, 0.15) is 24.2 Å². The third-order valence-corrected chi connectivity index (χ3v) is 3.23. The SMILES string of the molecule is CCOc1ccccc1C(O)c1ccc2c(c1)OCO2. The minimum atomic E-state index is -0.757. The molecule has 20 heavy (non-hydrogen) atoms. The van der Waals surface area contributed by atoms with Crippen molar-refractivity contribution in [3.63, 3.8) is 0 Å². The van der Waals surface area contributed by atoms with E-state index in [0.29, 0.717) is 23.9 Å². The van der Waals surface area contributed by atoms with Crippen molar-refractivity contribution in [3.8, 4) is 17.2 Å². The summed E-state index contributed by atoms with van der Waals surface area (Å²) in [6.07, 6.45) is -0.757. The van der Waals surface area contributed by atoms with Crippen LogP contribution < -0.4 is 14.2 Å². The van der Waals surface area contributed by atoms with Crippen LogP contribution in [0.25, 0.3) is 0 Å². The van der Waals surface area contributed by atoms with Gasteiger partial charge in [-0.25, -0.2) is 0 Å². The lowest BCUT2D eigenvalue weighted by molar-refractivity contribution is 0.173. The molecule has 1 aliphatic heterocycles. The molecule has 0 aliphatic carbocycles. The van der Waals surface area contributed by atoms with Gasteiger partial charge in [0.25, 0.3) is 0 Å². The Kier molecular flexibility index (Phi) is 3.48. The molecule has 104 valence electrons. The molecule has 0 fully saturated rings. The van der Waals surface area contributed by atoms with Gasteiger partial charge in [0.2, 0.25) is 6.79 Å². The third-order valence-electron chi connectivity index (χ3n) is 3.23. The van der Waals surface area contributed by atoms with Gasteiger partial charge in [-0.05, 0) is 30.7 Å². The average molecular weight is 272 g/mol. The molecule has 0 amide bonds. The summed E-state index contributed by atoms with van der Waals surface area (Å²) in [5, 5.41) is 10.6. The quantitative estimate of drug-likeness (QED) is 0.929. The lowest BCUT2D eigenvalue weighted by Crippen LogP contribution is -2.04. The number of ether oxygens (including phenoxy) is 3. The highest BCUT2D eigenvalue weighted by Gasteiger charge is 2.19. The van der Waals surface area contributed by atoms with E-state index in [1.54, 1.807) is 6.07 Å². The number of benzene rings is 2. The maximum atomic E-state index is 10.6. The summed E-state index contributed by atoms with van der Waals surface area (Å²) in [6.45, 7) is 2.71. The molecular formula is C16H16O4. The van der Waals surface area contributed by atoms with Crippen molar-refractivity contribution in [1.82, 2.24) is 0 Å². The predicted octanol–water partition coefficient (Wildman–Crippen LogP) is 2.90. The molecule has 0 saturated heterocycles. The van der Waals surface area contributed by atoms with Gasteiger partial charge in [0.05, 0.1) is 6.61 Å². The first kappa shape index (κ1) is 12.8. The first-order chi connectivity index (χ1) is 9.79. The van der Waals surface area contributed by atoms with Gasteiger partial charge in [-0.1, -0.05) is 24.3 Å². The fourth-order valence-electron chi connectivity index (χ4n) is 2.26. The second-order valence-electron chi connectivity index (χ2n) is 4.49. The van der Waals surface area contributed by atoms with Crippen molar-refractivity contribution in [3.05, 3.63) is 53.6 Å². The lowest BCUT2D eigenvalue weighted by Gasteiger charge is -2.16. The number of aliphatic hydroxyl groups excluding tert-OH is 1. The maximum Gasteiger partial charge on any atom is 0.231 e. The minimum absolute atomic E-state index is 0.227. The number of rotatable bonds is 4. The van der Waals surface area contributed by atoms with Gasteiger partial charge in [-0.2, -0.15) is 0 Å². The van der Waals surface area contributed by atoms with Crippen LogP contribution in [0.5, 0.6) is 17.2 Å². The Balaban J connectivity index is 1.94. The van der Waals surface area contributed by atoms with E-state index in [-0.39, 0.29) is 6.79 Å². The van der Waals surface area contributed by atoms with Gasteiger partial charge in [-0.15, -0.1) is 0 Å². The lowest BCUT2D eigenvalue weighted by atomic mass is 10.0. The van der Waals surface area contributed by atoms with Gasteiger partial charge >= 0.3 is 0 Å². The molecule has 0 bridgehead atoms. The van der Waals surface area contributed by atoms with Crippen LogP contribution in [0.4, 0.5) is 0 Å². The summed E-state index contributed by atoms with van der Waals surface area (Å²) in [5.41, 5.74) is 1.50. The Morgan fingerprint density at radius 1 is 1.15 bits per heavy atom. The normalized spacial score (nSPS) is 14.1. The molecule has 0 spiro atoms. The molecule has 1 atom stereocenters. The molecule has 1 N–H and O–H groups in total. The summed E-state index contributed by atoms with van der Waals surface area (Å²) in [5.74, 6) is 2.06. The number of fused-ring (bicyclic) bond motifs is 1. The van der Waals surface area contributed by atoms with Crippen LogP contribution in [-0.4, -0.2) is 18.5 Å². The Labute approximate surface area is 117 Å². The van der Waals surface area contributed by atoms with Gasteiger partial charge in [0.1, 0.15) is 11.9 Å². The van der Waals surface area contributed by atoms with E-state index in [9.17, 15) is 5.11 Å². The zero-order valence-electron chi connectivity index (χ0n) is 11.2. The highest BCUT2D eigenvalue weighted by molar-refractivity contribution is 5.48. The second-order valence-corrected chi connectivity index (χ2v) is 4.49. The van der Waals surface area contributed by atoms with E-state index < -0.39 is 6.10 Å². The Morgan fingerprint density at radius 2 is 1.95 bits per heavy atom. The summed E-state index contributed by atoms with van der Waals surface area (Å²) >= 11 is 0. The molecule has 1 unspecified atom stereocenters. The van der Waals surface area contributed by atoms with E-state index in [1.165, 1.54) is 0 Å². The summed E-state index contributed by atoms with van der Waals surface area (Å²) in [4.78, 5) is 0. The summed E-state index contributed by atoms with van der Waals surface area (Å²) in [6, 6.07) is 12.9. The summed E-state index contributed by atoms with van der Waals surface area (Å²) < 4.78 is 16.2. The number of para-hydroxylation sites is 1. The van der Waals surface area contributed by atoms with E-state index in [1.807, 2.05) is 43.3 Å². The first-order valence-electron chi connectivity index (χ1n) is 6.59. The zero-order chi connectivity index (χ0) is 13.9. The van der Waals surface area contributed by atoms with Crippen molar-refractivity contribution < 1.29 is 19.3 Å². The molecule has 1 aliphatic rings. The fraction of sp³-hybridized carbons (Fsp3) is 0.250. The Hall–Kier alpha value is -2.20. The smallest absolute Gasteiger partial charge is 0.231 e. The van der Waals surface area contributed by atoms with E-state index in [4.69, 9.17) is 14.2 Å². The van der Waals surface area contributed by atoms with Crippen LogP contribution in [-0.2, 0) is 0 Å². The van der Waals surface area contributed by atoms with Gasteiger partial charge < -0.3 is 19.3 Å². The van der Waals surface area contributed by atoms with Crippen molar-refractivity contribution in [1.29, 1.82) is 0 Å². The average Bonchev–Trinajstić information content (AvgIpc) is 2.95. The topological polar surface area (TPSA) is 47.9 Å². The summed E-state index contributed by atoms with van der Waals surface area (Å²) in [7, 11) is 0. The first-order valence-corrected chi connectivity index (χ1v) is 6.59. The number of aliphatic hydroxyl groups is 1. The van der Waals surface area contributed by atoms with Gasteiger partial charge in [0.15, 0.2) is 11.5 Å². The van der Waals surface area contributed by atoms with Crippen molar-refractivity contribution in [2.45, 2.75) is 13.0 Å². The molecule has 0 saturated carbocycles. The number of hydrogen-bond donors (Lipinski definition) is 1. The van der Waals surface area contributed by atoms with Crippen molar-refractivity contribution in [2.24, 2.45) is 0 Å². The minimum Gasteiger partial charge on any atom is -0.493 e. The molecule has 2 aromatic carbocycles. The predicted molar refractivity (Wildman–Crippen MR) is 74.2 cm³/mol. The Bertz CT molecular complexity index is 609. The molecule has 1 heterocycles. The van der Waals surface area contributed by atoms with E-state index in [2.05, 4.69) is 0 Å². The number of hydrogen-bond acceptors (Lipinski definition) is 4. The largest absolute Gasteiger partial charge is 0.493 e. The molecule has 4 nitrogen and oxygen atoms in total. The van der Waals surface area contributed by atoms with Gasteiger partial charge in [0, 0.05) is 5.56 Å². The van der Waals surface area contributed by atoms with Crippen LogP contribution in [0.15, 0.2) is 42.5 Å². The van der Waals surface area contributed by atoms with Crippen LogP contribution in [0.3, 0.4) is 0 Å². The monoisotopic (exact) mass is 272 g/mol. The van der Waals surface area contributed by atoms with Gasteiger partial charge in [-0.3, -0.25) is 0 Å². The van der Waals surface area contributed by atoms with E-state index in [0.717, 1.165) is 11.1 Å². The van der Waals surface area contributed by atoms with Crippen LogP contribution in [0.2, 0.25) is 0 Å². The Morgan fingerprint density at radius 3 is 2.80 bits per heavy atom. The standard InChI is InChI=1S/C16H16O4/c1-2-18-13-6-4-3-5-12(13)16(17)11-7-8-14-15(9-11)20-10-19-14/h3-9,16-17H,2,10H2,1H3. The third kappa shape index (κ3) is 2.30. The highest BCUT2D eigenvalue weighted by atomic mass is 16.7. The van der Waals surface area contributed by atoms with Crippen LogP contribution >= 0.6 is 0 Å². The highest BCUT2D eigenvalue weighted by Crippen LogP contribution is 2.37. The van der Waals surface area contributed by atoms with E-state index >= 15 is 0 Å². The second kappa shape index (κ2) is 5.43. The molecule has 4 heteroatoms. The maximum absolute atomic E-state index is 10.6. The molecule has 2 aromatic rings.